The van der Waals surface area contributed by atoms with Gasteiger partial charge in [0.1, 0.15) is 19.3 Å². The average molecular weight is 1050 g/mol. The molecular weight excluding hydrogens is 928 g/mol. The summed E-state index contributed by atoms with van der Waals surface area (Å²) in [4.78, 5) is 23.3. The molecule has 73 heavy (non-hydrogen) atoms. The van der Waals surface area contributed by atoms with Crippen molar-refractivity contribution >= 4 is 13.7 Å². The molecule has 10 heteroatoms. The van der Waals surface area contributed by atoms with E-state index in [4.69, 9.17) is 9.05 Å². The van der Waals surface area contributed by atoms with Crippen LogP contribution in [0.15, 0.2) is 48.6 Å². The maximum absolute atomic E-state index is 13.0. The van der Waals surface area contributed by atoms with Crippen LogP contribution in [0.3, 0.4) is 0 Å². The van der Waals surface area contributed by atoms with Crippen LogP contribution in [0.2, 0.25) is 0 Å². The second-order valence-electron chi connectivity index (χ2n) is 22.6. The van der Waals surface area contributed by atoms with Gasteiger partial charge in [0.25, 0.3) is 0 Å². The fourth-order valence-corrected chi connectivity index (χ4v) is 9.95. The fourth-order valence-electron chi connectivity index (χ4n) is 9.21. The van der Waals surface area contributed by atoms with Gasteiger partial charge in [-0.25, -0.2) is 4.57 Å². The lowest BCUT2D eigenvalue weighted by Crippen LogP contribution is -2.51. The zero-order valence-electron chi connectivity index (χ0n) is 48.7. The lowest BCUT2D eigenvalue weighted by atomic mass is 10.0. The molecule has 0 aliphatic rings. The van der Waals surface area contributed by atoms with Gasteiger partial charge in [-0.05, 0) is 77.0 Å². The van der Waals surface area contributed by atoms with Crippen LogP contribution in [0, 0.1) is 0 Å². The smallest absolute Gasteiger partial charge is 0.390 e. The van der Waals surface area contributed by atoms with Crippen molar-refractivity contribution in [1.29, 1.82) is 0 Å². The first-order valence-electron chi connectivity index (χ1n) is 31.1. The highest BCUT2D eigenvalue weighted by atomic mass is 31.2. The Morgan fingerprint density at radius 1 is 0.479 bits per heavy atom. The summed E-state index contributed by atoms with van der Waals surface area (Å²) in [6.07, 6.45) is 68.1. The summed E-state index contributed by atoms with van der Waals surface area (Å²) in [5.74, 6) is -0.264. The summed E-state index contributed by atoms with van der Waals surface area (Å²) < 4.78 is 23.6. The molecule has 1 amide bonds. The minimum Gasteiger partial charge on any atom is -0.390 e. The molecule has 0 rings (SSSR count). The molecule has 0 radical (unpaired) electrons. The molecule has 4 atom stereocenters. The number of hydrogen-bond donors (Lipinski definition) is 4. The van der Waals surface area contributed by atoms with Gasteiger partial charge in [-0.15, -0.1) is 0 Å². The number of nitrogens with zero attached hydrogens (tertiary/aromatic N) is 1. The van der Waals surface area contributed by atoms with Crippen LogP contribution >= 0.6 is 7.82 Å². The summed E-state index contributed by atoms with van der Waals surface area (Å²) in [6, 6.07) is -1.05. The molecule has 430 valence electrons. The number of nitrogens with one attached hydrogen (secondary N) is 1. The molecule has 0 spiro atoms. The van der Waals surface area contributed by atoms with Crippen molar-refractivity contribution in [3.63, 3.8) is 0 Å². The number of aliphatic hydroxyl groups excluding tert-OH is 2. The Morgan fingerprint density at radius 2 is 0.808 bits per heavy atom. The average Bonchev–Trinajstić information content (AvgIpc) is 3.35. The van der Waals surface area contributed by atoms with Gasteiger partial charge in [-0.1, -0.05) is 255 Å². The zero-order valence-corrected chi connectivity index (χ0v) is 49.6. The number of amides is 1. The van der Waals surface area contributed by atoms with E-state index in [0.717, 1.165) is 44.9 Å². The predicted molar refractivity (Wildman–Crippen MR) is 315 cm³/mol. The Kier molecular flexibility index (Phi) is 52.6. The number of quaternary nitrogens is 1. The van der Waals surface area contributed by atoms with E-state index in [-0.39, 0.29) is 18.9 Å². The first-order chi connectivity index (χ1) is 35.4. The summed E-state index contributed by atoms with van der Waals surface area (Å²) in [6.45, 7) is 4.59. The Morgan fingerprint density at radius 3 is 1.19 bits per heavy atom. The maximum Gasteiger partial charge on any atom is 0.472 e. The van der Waals surface area contributed by atoms with Crippen molar-refractivity contribution in [2.45, 2.75) is 308 Å². The second-order valence-corrected chi connectivity index (χ2v) is 24.0. The normalized spacial score (nSPS) is 14.6. The molecule has 4 unspecified atom stereocenters. The Bertz CT molecular complexity index is 1350. The van der Waals surface area contributed by atoms with E-state index in [9.17, 15) is 24.5 Å². The van der Waals surface area contributed by atoms with Crippen LogP contribution in [0.25, 0.3) is 0 Å². The summed E-state index contributed by atoms with van der Waals surface area (Å²) >= 11 is 0. The lowest BCUT2D eigenvalue weighted by molar-refractivity contribution is -0.870. The summed E-state index contributed by atoms with van der Waals surface area (Å²) in [5.41, 5.74) is 0. The quantitative estimate of drug-likeness (QED) is 0.0207. The van der Waals surface area contributed by atoms with Crippen LogP contribution in [0.1, 0.15) is 290 Å². The number of carbonyl (C=O) groups excluding carboxylic acids is 1. The highest BCUT2D eigenvalue weighted by Gasteiger charge is 2.32. The molecule has 4 N–H and O–H groups in total. The SMILES string of the molecule is CCCCCCC/C=C\C/C=C\C/C=C\CCCCCCCCCCCCCCCCCCCCCCCCC(=O)NC(COP(=O)(O)OCC[N+](C)(C)C)C(O)C(O)CCC/C=C/CCCCCCCCC. The van der Waals surface area contributed by atoms with Crippen molar-refractivity contribution < 1.29 is 38.0 Å². The lowest BCUT2D eigenvalue weighted by Gasteiger charge is -2.28. The summed E-state index contributed by atoms with van der Waals surface area (Å²) in [5, 5.41) is 24.8. The topological polar surface area (TPSA) is 125 Å². The molecule has 0 aromatic rings. The number of unbranched alkanes of at least 4 members (excludes halogenated alkanes) is 35. The molecule has 0 aromatic carbocycles. The van der Waals surface area contributed by atoms with Gasteiger partial charge in [-0.2, -0.15) is 0 Å². The predicted octanol–water partition coefficient (Wildman–Crippen LogP) is 18.1. The van der Waals surface area contributed by atoms with Crippen molar-refractivity contribution in [2.24, 2.45) is 0 Å². The van der Waals surface area contributed by atoms with Gasteiger partial charge in [0, 0.05) is 6.42 Å². The maximum atomic E-state index is 13.0. The molecule has 0 saturated carbocycles. The number of phosphoric acid groups is 1. The molecule has 0 heterocycles. The number of aliphatic hydroxyl groups is 2. The number of phosphoric ester groups is 1. The highest BCUT2D eigenvalue weighted by Crippen LogP contribution is 2.43. The minimum atomic E-state index is -4.43. The number of allylic oxidation sites excluding steroid dienone is 8. The van der Waals surface area contributed by atoms with E-state index in [1.54, 1.807) is 0 Å². The van der Waals surface area contributed by atoms with Crippen molar-refractivity contribution in [1.82, 2.24) is 5.32 Å². The Balaban J connectivity index is 3.99. The van der Waals surface area contributed by atoms with Crippen LogP contribution < -0.4 is 5.32 Å². The van der Waals surface area contributed by atoms with Crippen LogP contribution in [0.4, 0.5) is 0 Å². The minimum absolute atomic E-state index is 0.0173. The van der Waals surface area contributed by atoms with E-state index < -0.39 is 32.7 Å². The second kappa shape index (κ2) is 53.8. The molecule has 0 saturated heterocycles. The van der Waals surface area contributed by atoms with Crippen molar-refractivity contribution in [3.8, 4) is 0 Å². The molecular formula is C63H122N2O7P+. The van der Waals surface area contributed by atoms with Gasteiger partial charge in [0.2, 0.25) is 5.91 Å². The van der Waals surface area contributed by atoms with E-state index in [1.807, 2.05) is 21.1 Å². The van der Waals surface area contributed by atoms with Gasteiger partial charge >= 0.3 is 7.82 Å². The van der Waals surface area contributed by atoms with Gasteiger partial charge in [-0.3, -0.25) is 13.8 Å². The van der Waals surface area contributed by atoms with Crippen molar-refractivity contribution in [3.05, 3.63) is 48.6 Å². The van der Waals surface area contributed by atoms with Crippen LogP contribution in [-0.2, 0) is 18.4 Å². The third-order valence-corrected chi connectivity index (χ3v) is 15.1. The molecule has 0 aromatic heterocycles. The standard InChI is InChI=1S/C63H121N2O7P/c1-6-8-10-12-14-16-18-20-21-22-23-24-25-26-27-28-29-30-31-32-33-34-35-36-37-38-39-40-41-42-43-44-46-48-50-52-54-56-62(67)64-60(59-72-73(69,70)71-58-57-65(3,4)5)63(68)61(66)55-53-51-49-47-45-19-17-15-13-11-9-7-2/h18,20,22-23,25-26,47,49,60-61,63,66,68H,6-17,19,21,24,27-46,48,50-59H2,1-5H3,(H-,64,67,69,70)/p+1/b20-18-,23-22-,26-25-,49-47+. The molecule has 0 aliphatic carbocycles. The number of carbonyl (C=O) groups is 1. The largest absolute Gasteiger partial charge is 0.472 e. The monoisotopic (exact) mass is 1050 g/mol. The van der Waals surface area contributed by atoms with Gasteiger partial charge in [0.05, 0.1) is 39.9 Å². The molecule has 9 nitrogen and oxygen atoms in total. The zero-order chi connectivity index (χ0) is 53.6. The van der Waals surface area contributed by atoms with Crippen LogP contribution in [0.5, 0.6) is 0 Å². The van der Waals surface area contributed by atoms with Crippen LogP contribution in [-0.4, -0.2) is 84.6 Å². The van der Waals surface area contributed by atoms with Gasteiger partial charge < -0.3 is 24.9 Å². The van der Waals surface area contributed by atoms with E-state index >= 15 is 0 Å². The Labute approximate surface area is 452 Å². The highest BCUT2D eigenvalue weighted by molar-refractivity contribution is 7.47. The van der Waals surface area contributed by atoms with E-state index in [1.165, 1.54) is 212 Å². The van der Waals surface area contributed by atoms with Gasteiger partial charge in [0.15, 0.2) is 0 Å². The molecule has 0 bridgehead atoms. The number of hydrogen-bond acceptors (Lipinski definition) is 6. The number of likely N-dealkylation sites (N-methyl/N-ethyl adjacent to an activating group) is 1. The fraction of sp³-hybridized carbons (Fsp3) is 0.857. The van der Waals surface area contributed by atoms with Crippen molar-refractivity contribution in [2.75, 3.05) is 40.9 Å². The third kappa shape index (κ3) is 55.0. The summed E-state index contributed by atoms with van der Waals surface area (Å²) in [7, 11) is 1.43. The Hall–Kier alpha value is -1.58. The first kappa shape index (κ1) is 71.4. The van der Waals surface area contributed by atoms with E-state index in [0.29, 0.717) is 23.9 Å². The molecule has 0 aliphatic heterocycles. The number of rotatable bonds is 57. The third-order valence-electron chi connectivity index (χ3n) is 14.1. The van der Waals surface area contributed by atoms with E-state index in [2.05, 4.69) is 67.8 Å². The molecule has 0 fully saturated rings. The first-order valence-corrected chi connectivity index (χ1v) is 32.6.